The number of nitrogens with zero attached hydrogens (tertiary/aromatic N) is 1. The number of hydrogen-bond donors (Lipinski definition) is 1. The Labute approximate surface area is 148 Å². The summed E-state index contributed by atoms with van der Waals surface area (Å²) < 4.78 is 4.81. The highest BCUT2D eigenvalue weighted by molar-refractivity contribution is 5.81. The number of rotatable bonds is 7. The van der Waals surface area contributed by atoms with Crippen LogP contribution in [0.15, 0.2) is 30.3 Å². The van der Waals surface area contributed by atoms with Gasteiger partial charge in [-0.3, -0.25) is 14.4 Å². The van der Waals surface area contributed by atoms with Crippen LogP contribution in [0.1, 0.15) is 38.2 Å². The molecule has 1 N–H and O–H groups in total. The van der Waals surface area contributed by atoms with Gasteiger partial charge in [0.15, 0.2) is 0 Å². The van der Waals surface area contributed by atoms with Gasteiger partial charge in [-0.05, 0) is 25.3 Å². The summed E-state index contributed by atoms with van der Waals surface area (Å²) >= 11 is 0. The van der Waals surface area contributed by atoms with Gasteiger partial charge < -0.3 is 15.0 Å². The van der Waals surface area contributed by atoms with Crippen molar-refractivity contribution in [1.29, 1.82) is 0 Å². The summed E-state index contributed by atoms with van der Waals surface area (Å²) in [6.45, 7) is 3.36. The van der Waals surface area contributed by atoms with Gasteiger partial charge in [-0.15, -0.1) is 0 Å². The number of piperidine rings is 1. The third kappa shape index (κ3) is 6.57. The monoisotopic (exact) mass is 346 g/mol. The van der Waals surface area contributed by atoms with Crippen LogP contribution in [0.3, 0.4) is 0 Å². The van der Waals surface area contributed by atoms with E-state index in [1.165, 1.54) is 0 Å². The van der Waals surface area contributed by atoms with Crippen molar-refractivity contribution in [3.8, 4) is 0 Å². The van der Waals surface area contributed by atoms with Crippen molar-refractivity contribution in [3.63, 3.8) is 0 Å². The Balaban J connectivity index is 1.68. The molecule has 0 aromatic heterocycles. The summed E-state index contributed by atoms with van der Waals surface area (Å²) in [6.07, 6.45) is 2.15. The van der Waals surface area contributed by atoms with Crippen LogP contribution in [0.4, 0.5) is 0 Å². The molecule has 136 valence electrons. The van der Waals surface area contributed by atoms with E-state index in [1.54, 1.807) is 6.92 Å². The molecule has 6 nitrogen and oxygen atoms in total. The molecule has 2 amide bonds. The third-order valence-corrected chi connectivity index (χ3v) is 4.27. The maximum Gasteiger partial charge on any atom is 0.306 e. The first kappa shape index (κ1) is 19.0. The molecule has 1 aliphatic rings. The van der Waals surface area contributed by atoms with E-state index in [-0.39, 0.29) is 36.7 Å². The van der Waals surface area contributed by atoms with Crippen LogP contribution in [-0.2, 0) is 25.5 Å². The van der Waals surface area contributed by atoms with Crippen LogP contribution in [0.2, 0.25) is 0 Å². The van der Waals surface area contributed by atoms with Crippen LogP contribution in [0.5, 0.6) is 0 Å². The van der Waals surface area contributed by atoms with Crippen molar-refractivity contribution in [2.24, 2.45) is 0 Å². The van der Waals surface area contributed by atoms with Crippen molar-refractivity contribution in [2.45, 2.75) is 45.1 Å². The van der Waals surface area contributed by atoms with Gasteiger partial charge in [-0.25, -0.2) is 0 Å². The van der Waals surface area contributed by atoms with E-state index in [1.807, 2.05) is 35.2 Å². The number of carbonyl (C=O) groups excluding carboxylic acids is 3. The minimum Gasteiger partial charge on any atom is -0.466 e. The predicted octanol–water partition coefficient (Wildman–Crippen LogP) is 1.68. The van der Waals surface area contributed by atoms with E-state index in [0.29, 0.717) is 26.1 Å². The highest BCUT2D eigenvalue weighted by Gasteiger charge is 2.24. The van der Waals surface area contributed by atoms with E-state index >= 15 is 0 Å². The predicted molar refractivity (Wildman–Crippen MR) is 93.8 cm³/mol. The quantitative estimate of drug-likeness (QED) is 0.762. The average Bonchev–Trinajstić information content (AvgIpc) is 2.62. The molecule has 1 aromatic rings. The van der Waals surface area contributed by atoms with Gasteiger partial charge in [0, 0.05) is 25.6 Å². The minimum absolute atomic E-state index is 0.0653. The molecule has 0 spiro atoms. The molecular formula is C19H26N2O4. The first-order valence-corrected chi connectivity index (χ1v) is 8.85. The van der Waals surface area contributed by atoms with E-state index in [0.717, 1.165) is 18.4 Å². The fourth-order valence-corrected chi connectivity index (χ4v) is 2.90. The van der Waals surface area contributed by atoms with Gasteiger partial charge in [0.2, 0.25) is 11.8 Å². The van der Waals surface area contributed by atoms with Crippen molar-refractivity contribution in [2.75, 3.05) is 19.7 Å². The number of likely N-dealkylation sites (tertiary alicyclic amines) is 1. The fraction of sp³-hybridized carbons (Fsp3) is 0.526. The van der Waals surface area contributed by atoms with Gasteiger partial charge in [0.05, 0.1) is 19.4 Å². The molecule has 0 radical (unpaired) electrons. The van der Waals surface area contributed by atoms with E-state index in [9.17, 15) is 14.4 Å². The lowest BCUT2D eigenvalue weighted by atomic mass is 10.0. The number of amides is 2. The summed E-state index contributed by atoms with van der Waals surface area (Å²) in [7, 11) is 0. The summed E-state index contributed by atoms with van der Waals surface area (Å²) in [6, 6.07) is 9.77. The maximum atomic E-state index is 12.3. The maximum absolute atomic E-state index is 12.3. The zero-order chi connectivity index (χ0) is 18.1. The van der Waals surface area contributed by atoms with Gasteiger partial charge >= 0.3 is 5.97 Å². The summed E-state index contributed by atoms with van der Waals surface area (Å²) in [4.78, 5) is 37.3. The number of esters is 1. The molecule has 1 saturated heterocycles. The molecule has 0 bridgehead atoms. The van der Waals surface area contributed by atoms with E-state index in [2.05, 4.69) is 5.32 Å². The Hall–Kier alpha value is -2.37. The standard InChI is InChI=1S/C19H26N2O4/c1-2-25-19(24)9-8-17(22)20-16-10-12-21(13-11-16)18(23)14-15-6-4-3-5-7-15/h3-7,16H,2,8-14H2,1H3,(H,20,22). The first-order valence-electron chi connectivity index (χ1n) is 8.85. The molecular weight excluding hydrogens is 320 g/mol. The van der Waals surface area contributed by atoms with Crippen molar-refractivity contribution in [3.05, 3.63) is 35.9 Å². The molecule has 0 atom stereocenters. The minimum atomic E-state index is -0.348. The van der Waals surface area contributed by atoms with Gasteiger partial charge in [-0.2, -0.15) is 0 Å². The zero-order valence-electron chi connectivity index (χ0n) is 14.7. The number of ether oxygens (including phenoxy) is 1. The number of benzene rings is 1. The Bertz CT molecular complexity index is 580. The van der Waals surface area contributed by atoms with Crippen LogP contribution in [0.25, 0.3) is 0 Å². The van der Waals surface area contributed by atoms with Crippen LogP contribution < -0.4 is 5.32 Å². The molecule has 0 unspecified atom stereocenters. The van der Waals surface area contributed by atoms with E-state index < -0.39 is 0 Å². The van der Waals surface area contributed by atoms with E-state index in [4.69, 9.17) is 4.74 Å². The van der Waals surface area contributed by atoms with Gasteiger partial charge in [-0.1, -0.05) is 30.3 Å². The zero-order valence-corrected chi connectivity index (χ0v) is 14.7. The Morgan fingerprint density at radius 2 is 1.80 bits per heavy atom. The fourth-order valence-electron chi connectivity index (χ4n) is 2.90. The Morgan fingerprint density at radius 1 is 1.12 bits per heavy atom. The molecule has 2 rings (SSSR count). The third-order valence-electron chi connectivity index (χ3n) is 4.27. The second kappa shape index (κ2) is 9.81. The van der Waals surface area contributed by atoms with Gasteiger partial charge in [0.1, 0.15) is 0 Å². The average molecular weight is 346 g/mol. The second-order valence-corrected chi connectivity index (χ2v) is 6.19. The highest BCUT2D eigenvalue weighted by atomic mass is 16.5. The second-order valence-electron chi connectivity index (χ2n) is 6.19. The lowest BCUT2D eigenvalue weighted by molar-refractivity contribution is -0.144. The molecule has 1 fully saturated rings. The normalized spacial score (nSPS) is 14.8. The van der Waals surface area contributed by atoms with Crippen molar-refractivity contribution in [1.82, 2.24) is 10.2 Å². The Morgan fingerprint density at radius 3 is 2.44 bits per heavy atom. The smallest absolute Gasteiger partial charge is 0.306 e. The van der Waals surface area contributed by atoms with Crippen LogP contribution >= 0.6 is 0 Å². The van der Waals surface area contributed by atoms with Crippen LogP contribution in [0, 0.1) is 0 Å². The summed E-state index contributed by atoms with van der Waals surface area (Å²) in [5, 5.41) is 2.94. The number of carbonyl (C=O) groups is 3. The van der Waals surface area contributed by atoms with Crippen molar-refractivity contribution >= 4 is 17.8 Å². The summed E-state index contributed by atoms with van der Waals surface area (Å²) in [5.74, 6) is -0.362. The number of hydrogen-bond acceptors (Lipinski definition) is 4. The highest BCUT2D eigenvalue weighted by Crippen LogP contribution is 2.13. The molecule has 0 aliphatic carbocycles. The molecule has 25 heavy (non-hydrogen) atoms. The first-order chi connectivity index (χ1) is 12.1. The molecule has 1 aromatic carbocycles. The topological polar surface area (TPSA) is 75.7 Å². The molecule has 0 saturated carbocycles. The van der Waals surface area contributed by atoms with Gasteiger partial charge in [0.25, 0.3) is 0 Å². The molecule has 1 aliphatic heterocycles. The lowest BCUT2D eigenvalue weighted by Gasteiger charge is -2.32. The van der Waals surface area contributed by atoms with Crippen LogP contribution in [-0.4, -0.2) is 48.4 Å². The lowest BCUT2D eigenvalue weighted by Crippen LogP contribution is -2.47. The van der Waals surface area contributed by atoms with Crippen molar-refractivity contribution < 1.29 is 19.1 Å². The largest absolute Gasteiger partial charge is 0.466 e. The molecule has 6 heteroatoms. The molecule has 1 heterocycles. The SMILES string of the molecule is CCOC(=O)CCC(=O)NC1CCN(C(=O)Cc2ccccc2)CC1. The summed E-state index contributed by atoms with van der Waals surface area (Å²) in [5.41, 5.74) is 1.02. The Kier molecular flexibility index (Phi) is 7.44. The number of nitrogens with one attached hydrogen (secondary N) is 1.